The Morgan fingerprint density at radius 1 is 0.778 bits per heavy atom. The van der Waals surface area contributed by atoms with Crippen molar-refractivity contribution in [3.05, 3.63) is 0 Å². The van der Waals surface area contributed by atoms with Crippen LogP contribution in [0.15, 0.2) is 0 Å². The van der Waals surface area contributed by atoms with Crippen molar-refractivity contribution in [1.29, 1.82) is 0 Å². The zero-order valence-electron chi connectivity index (χ0n) is 7.55. The molecule has 0 spiro atoms. The molecule has 2 nitrogen and oxygen atoms in total. The molecule has 0 bridgehead atoms. The van der Waals surface area contributed by atoms with Crippen molar-refractivity contribution < 1.29 is 53.4 Å². The monoisotopic (exact) mass is 318 g/mol. The minimum Gasteiger partial charge on any atom is -0.268 e. The molecule has 0 aliphatic rings. The molecule has 18 heavy (non-hydrogen) atoms. The van der Waals surface area contributed by atoms with Crippen molar-refractivity contribution in [3.63, 3.8) is 0 Å². The van der Waals surface area contributed by atoms with Gasteiger partial charge in [-0.25, -0.2) is 0 Å². The van der Waals surface area contributed by atoms with Crippen molar-refractivity contribution in [3.8, 4) is 0 Å². The number of hydrogen-bond acceptors (Lipinski definition) is 2. The van der Waals surface area contributed by atoms with Gasteiger partial charge in [-0.3, -0.25) is 9.47 Å². The van der Waals surface area contributed by atoms with Gasteiger partial charge in [0, 0.05) is 0 Å². The van der Waals surface area contributed by atoms with E-state index in [9.17, 15) is 43.9 Å². The minimum atomic E-state index is -6.61. The predicted molar refractivity (Wildman–Crippen MR) is 33.8 cm³/mol. The highest BCUT2D eigenvalue weighted by Gasteiger charge is 2.70. The Morgan fingerprint density at radius 2 is 1.17 bits per heavy atom. The first-order valence-electron chi connectivity index (χ1n) is 3.49. The molecule has 0 aliphatic heterocycles. The van der Waals surface area contributed by atoms with Gasteiger partial charge in [-0.05, 0) is 11.6 Å². The van der Waals surface area contributed by atoms with E-state index in [1.165, 1.54) is 0 Å². The van der Waals surface area contributed by atoms with Crippen LogP contribution in [0, 0.1) is 0 Å². The third kappa shape index (κ3) is 4.02. The first-order chi connectivity index (χ1) is 7.62. The Labute approximate surface area is 96.4 Å². The summed E-state index contributed by atoms with van der Waals surface area (Å²) in [5.41, 5.74) is 0. The molecule has 0 saturated heterocycles. The zero-order valence-corrected chi connectivity index (χ0v) is 8.31. The molecule has 0 amide bonds. The molecule has 0 N–H and O–H groups in total. The molecule has 110 valence electrons. The van der Waals surface area contributed by atoms with Crippen LogP contribution in [0.1, 0.15) is 0 Å². The molecule has 0 aliphatic carbocycles. The maximum atomic E-state index is 12.2. The largest absolute Gasteiger partial charge is 0.483 e. The van der Waals surface area contributed by atoms with Crippen molar-refractivity contribution in [2.45, 2.75) is 30.3 Å². The van der Waals surface area contributed by atoms with Crippen LogP contribution in [0.5, 0.6) is 0 Å². The van der Waals surface area contributed by atoms with Gasteiger partial charge in [-0.2, -0.15) is 43.9 Å². The highest BCUT2D eigenvalue weighted by Crippen LogP contribution is 2.47. The lowest BCUT2D eigenvalue weighted by atomic mass is 10.5. The second kappa shape index (κ2) is 4.89. The Kier molecular flexibility index (Phi) is 4.75. The zero-order chi connectivity index (χ0) is 15.0. The third-order valence-corrected chi connectivity index (χ3v) is 1.55. The summed E-state index contributed by atoms with van der Waals surface area (Å²) >= 11 is 4.07. The molecule has 0 aromatic rings. The molecule has 0 aromatic carbocycles. The summed E-state index contributed by atoms with van der Waals surface area (Å²) < 4.78 is 122. The van der Waals surface area contributed by atoms with E-state index in [1.54, 1.807) is 0 Å². The summed E-state index contributed by atoms with van der Waals surface area (Å²) in [6, 6.07) is 0. The highest BCUT2D eigenvalue weighted by molar-refractivity contribution is 6.22. The summed E-state index contributed by atoms with van der Waals surface area (Å²) in [5, 5.41) is -5.35. The quantitative estimate of drug-likeness (QED) is 0.445. The van der Waals surface area contributed by atoms with Crippen molar-refractivity contribution in [2.24, 2.45) is 0 Å². The van der Waals surface area contributed by atoms with E-state index in [1.807, 2.05) is 0 Å². The van der Waals surface area contributed by atoms with Crippen LogP contribution >= 0.6 is 11.6 Å². The van der Waals surface area contributed by atoms with Crippen LogP contribution < -0.4 is 0 Å². The maximum absolute atomic E-state index is 12.2. The summed E-state index contributed by atoms with van der Waals surface area (Å²) in [7, 11) is 0. The number of alkyl halides is 11. The lowest BCUT2D eigenvalue weighted by Crippen LogP contribution is -2.54. The standard InChI is InChI=1S/C5HClF10O2/c6-2(3(9,10)11,17-1(7)8)18-5(15,16)4(12,13)14/h1H. The Morgan fingerprint density at radius 3 is 1.39 bits per heavy atom. The normalized spacial score (nSPS) is 18.0. The van der Waals surface area contributed by atoms with Crippen LogP contribution in [-0.4, -0.2) is 30.3 Å². The molecule has 1 atom stereocenters. The van der Waals surface area contributed by atoms with Gasteiger partial charge >= 0.3 is 30.3 Å². The number of hydrogen-bond donors (Lipinski definition) is 0. The van der Waals surface area contributed by atoms with Crippen LogP contribution in [0.2, 0.25) is 0 Å². The van der Waals surface area contributed by atoms with Gasteiger partial charge in [0.2, 0.25) is 0 Å². The number of halogens is 11. The third-order valence-electron chi connectivity index (χ3n) is 1.17. The fraction of sp³-hybridized carbons (Fsp3) is 1.00. The van der Waals surface area contributed by atoms with E-state index in [4.69, 9.17) is 0 Å². The maximum Gasteiger partial charge on any atom is 0.483 e. The molecule has 0 fully saturated rings. The van der Waals surface area contributed by atoms with E-state index in [-0.39, 0.29) is 0 Å². The fourth-order valence-electron chi connectivity index (χ4n) is 0.486. The molecule has 13 heteroatoms. The van der Waals surface area contributed by atoms with Crippen molar-refractivity contribution in [1.82, 2.24) is 0 Å². The average molecular weight is 318 g/mol. The first-order valence-corrected chi connectivity index (χ1v) is 3.86. The van der Waals surface area contributed by atoms with Crippen LogP contribution in [0.4, 0.5) is 43.9 Å². The Bertz CT molecular complexity index is 285. The fourth-order valence-corrected chi connectivity index (χ4v) is 0.650. The average Bonchev–Trinajstić information content (AvgIpc) is 1.95. The molecule has 0 rings (SSSR count). The second-order valence-electron chi connectivity index (χ2n) is 2.53. The topological polar surface area (TPSA) is 18.5 Å². The molecule has 0 radical (unpaired) electrons. The minimum absolute atomic E-state index is 2.15. The lowest BCUT2D eigenvalue weighted by molar-refractivity contribution is -0.482. The summed E-state index contributed by atoms with van der Waals surface area (Å²) in [5.74, 6) is 0. The van der Waals surface area contributed by atoms with Gasteiger partial charge in [0.05, 0.1) is 0 Å². The van der Waals surface area contributed by atoms with Crippen LogP contribution in [0.3, 0.4) is 0 Å². The van der Waals surface area contributed by atoms with Crippen LogP contribution in [0.25, 0.3) is 0 Å². The molecule has 0 heterocycles. The first kappa shape index (κ1) is 17.5. The summed E-state index contributed by atoms with van der Waals surface area (Å²) in [4.78, 5) is 0. The molecule has 0 aromatic heterocycles. The van der Waals surface area contributed by atoms with Gasteiger partial charge in [0.15, 0.2) is 0 Å². The molecular weight excluding hydrogens is 317 g/mol. The van der Waals surface area contributed by atoms with Gasteiger partial charge in [0.1, 0.15) is 0 Å². The number of ether oxygens (including phenoxy) is 2. The lowest BCUT2D eigenvalue weighted by Gasteiger charge is -2.32. The van der Waals surface area contributed by atoms with E-state index < -0.39 is 30.3 Å². The van der Waals surface area contributed by atoms with Crippen molar-refractivity contribution in [2.75, 3.05) is 0 Å². The summed E-state index contributed by atoms with van der Waals surface area (Å²) in [6.07, 6.45) is -19.3. The van der Waals surface area contributed by atoms with E-state index >= 15 is 0 Å². The summed E-state index contributed by atoms with van der Waals surface area (Å²) in [6.45, 7) is -4.41. The molecule has 0 saturated carbocycles. The van der Waals surface area contributed by atoms with Gasteiger partial charge < -0.3 is 0 Å². The molecular formula is C5HClF10O2. The predicted octanol–water partition coefficient (Wildman–Crippen LogP) is 3.85. The number of rotatable bonds is 4. The Balaban J connectivity index is 5.28. The van der Waals surface area contributed by atoms with Gasteiger partial charge in [-0.15, -0.1) is 0 Å². The van der Waals surface area contributed by atoms with Gasteiger partial charge in [0.25, 0.3) is 0 Å². The van der Waals surface area contributed by atoms with E-state index in [0.717, 1.165) is 0 Å². The van der Waals surface area contributed by atoms with E-state index in [2.05, 4.69) is 21.1 Å². The van der Waals surface area contributed by atoms with Gasteiger partial charge in [-0.1, -0.05) is 0 Å². The smallest absolute Gasteiger partial charge is 0.268 e. The SMILES string of the molecule is FC(F)OC(Cl)(OC(F)(F)C(F)(F)F)C(F)(F)F. The van der Waals surface area contributed by atoms with E-state index in [0.29, 0.717) is 0 Å². The van der Waals surface area contributed by atoms with Crippen LogP contribution in [-0.2, 0) is 9.47 Å². The second-order valence-corrected chi connectivity index (χ2v) is 3.03. The van der Waals surface area contributed by atoms with Crippen molar-refractivity contribution >= 4 is 11.6 Å². The highest BCUT2D eigenvalue weighted by atomic mass is 35.5. The Hall–Kier alpha value is -0.490. The molecule has 1 unspecified atom stereocenters.